The van der Waals surface area contributed by atoms with E-state index in [0.717, 1.165) is 31.2 Å². The number of carbonyl (C=O) groups excluding carboxylic acids is 1. The first-order valence-electron chi connectivity index (χ1n) is 6.52. The van der Waals surface area contributed by atoms with Crippen molar-refractivity contribution >= 4 is 16.6 Å². The Labute approximate surface area is 109 Å². The first-order valence-corrected chi connectivity index (χ1v) is 7.79. The molecule has 3 nitrogen and oxygen atoms in total. The molecular weight excluding hydrogens is 246 g/mol. The summed E-state index contributed by atoms with van der Waals surface area (Å²) in [5.74, 6) is 0.190. The molecule has 18 heavy (non-hydrogen) atoms. The molecule has 4 heteroatoms. The van der Waals surface area contributed by atoms with Gasteiger partial charge in [0.05, 0.1) is 0 Å². The van der Waals surface area contributed by atoms with Gasteiger partial charge in [0, 0.05) is 33.4 Å². The maximum absolute atomic E-state index is 12.5. The van der Waals surface area contributed by atoms with E-state index in [1.54, 1.807) is 6.20 Å². The molecular formula is C14H17NO2S. The van der Waals surface area contributed by atoms with Crippen LogP contribution in [0.1, 0.15) is 41.7 Å². The van der Waals surface area contributed by atoms with Crippen LogP contribution in [0.5, 0.6) is 0 Å². The lowest BCUT2D eigenvalue weighted by Gasteiger charge is -2.26. The lowest BCUT2D eigenvalue weighted by molar-refractivity contribution is 0.0900. The minimum Gasteiger partial charge on any atom is -0.292 e. The molecule has 2 saturated heterocycles. The predicted molar refractivity (Wildman–Crippen MR) is 71.0 cm³/mol. The zero-order chi connectivity index (χ0) is 12.7. The van der Waals surface area contributed by atoms with Crippen LogP contribution in [-0.2, 0) is 10.8 Å². The van der Waals surface area contributed by atoms with Gasteiger partial charge in [0.1, 0.15) is 5.69 Å². The molecule has 3 heterocycles. The largest absolute Gasteiger partial charge is 0.292 e. The molecule has 3 rings (SSSR count). The number of aromatic nitrogens is 1. The molecule has 0 amide bonds. The summed E-state index contributed by atoms with van der Waals surface area (Å²) in [5, 5.41) is 0.503. The molecule has 0 radical (unpaired) electrons. The van der Waals surface area contributed by atoms with Gasteiger partial charge < -0.3 is 0 Å². The van der Waals surface area contributed by atoms with Crippen LogP contribution in [0.3, 0.4) is 0 Å². The number of nitrogens with zero attached hydrogens (tertiary/aromatic N) is 1. The Hall–Kier alpha value is -1.03. The Bertz CT molecular complexity index is 498. The smallest absolute Gasteiger partial charge is 0.184 e. The summed E-state index contributed by atoms with van der Waals surface area (Å²) < 4.78 is 11.9. The number of Topliss-reactive ketones (excluding diaryl/α,β-unsaturated/α-hetero) is 1. The molecule has 0 N–H and O–H groups in total. The summed E-state index contributed by atoms with van der Waals surface area (Å²) in [6, 6.07) is 3.78. The minimum atomic E-state index is -0.690. The number of hydrogen-bond donors (Lipinski definition) is 0. The van der Waals surface area contributed by atoms with Gasteiger partial charge in [-0.15, -0.1) is 0 Å². The van der Waals surface area contributed by atoms with Gasteiger partial charge in [0.25, 0.3) is 0 Å². The summed E-state index contributed by atoms with van der Waals surface area (Å²) in [7, 11) is -0.690. The molecule has 96 valence electrons. The average Bonchev–Trinajstić information content (AvgIpc) is 2.61. The van der Waals surface area contributed by atoms with E-state index in [1.807, 2.05) is 19.1 Å². The fourth-order valence-corrected chi connectivity index (χ4v) is 5.31. The van der Waals surface area contributed by atoms with Gasteiger partial charge in [0.15, 0.2) is 5.78 Å². The summed E-state index contributed by atoms with van der Waals surface area (Å²) in [4.78, 5) is 16.7. The second-order valence-corrected chi connectivity index (χ2v) is 7.34. The van der Waals surface area contributed by atoms with Crippen LogP contribution in [-0.4, -0.2) is 25.5 Å². The number of rotatable bonds is 2. The van der Waals surface area contributed by atoms with Gasteiger partial charge >= 0.3 is 0 Å². The van der Waals surface area contributed by atoms with Crippen molar-refractivity contribution < 1.29 is 9.00 Å². The first-order chi connectivity index (χ1) is 8.66. The van der Waals surface area contributed by atoms with Crippen LogP contribution >= 0.6 is 0 Å². The molecule has 0 saturated carbocycles. The molecule has 2 bridgehead atoms. The second-order valence-electron chi connectivity index (χ2n) is 5.35. The molecule has 0 aromatic carbocycles. The van der Waals surface area contributed by atoms with Crippen molar-refractivity contribution in [3.63, 3.8) is 0 Å². The van der Waals surface area contributed by atoms with E-state index in [4.69, 9.17) is 0 Å². The van der Waals surface area contributed by atoms with Crippen molar-refractivity contribution in [1.82, 2.24) is 4.98 Å². The fraction of sp³-hybridized carbons (Fsp3) is 0.571. The molecule has 0 spiro atoms. The summed E-state index contributed by atoms with van der Waals surface area (Å²) >= 11 is 0. The molecule has 1 aromatic rings. The van der Waals surface area contributed by atoms with Crippen molar-refractivity contribution in [2.24, 2.45) is 5.92 Å². The molecule has 1 aromatic heterocycles. The van der Waals surface area contributed by atoms with Crippen LogP contribution in [0.15, 0.2) is 18.3 Å². The van der Waals surface area contributed by atoms with E-state index in [0.29, 0.717) is 5.69 Å². The highest BCUT2D eigenvalue weighted by molar-refractivity contribution is 7.86. The zero-order valence-electron chi connectivity index (χ0n) is 10.5. The van der Waals surface area contributed by atoms with Gasteiger partial charge in [-0.05, 0) is 44.2 Å². The Morgan fingerprint density at radius 1 is 1.33 bits per heavy atom. The molecule has 2 atom stereocenters. The standard InChI is InChI=1S/C14H17NO2S/c1-9-3-2-6-15-13(9)14(16)10-7-11-4-5-12(8-10)18(11)17/h2-3,6,10-12H,4-5,7-8H2,1H3. The Balaban J connectivity index is 1.83. The van der Waals surface area contributed by atoms with Gasteiger partial charge in [-0.2, -0.15) is 0 Å². The van der Waals surface area contributed by atoms with Gasteiger partial charge in [-0.1, -0.05) is 6.07 Å². The lowest BCUT2D eigenvalue weighted by atomic mass is 9.91. The molecule has 2 aliphatic rings. The van der Waals surface area contributed by atoms with E-state index in [9.17, 15) is 9.00 Å². The van der Waals surface area contributed by atoms with Crippen molar-refractivity contribution in [3.8, 4) is 0 Å². The van der Waals surface area contributed by atoms with E-state index in [2.05, 4.69) is 4.98 Å². The van der Waals surface area contributed by atoms with E-state index >= 15 is 0 Å². The van der Waals surface area contributed by atoms with Gasteiger partial charge in [-0.3, -0.25) is 14.0 Å². The van der Waals surface area contributed by atoms with Crippen LogP contribution in [0.2, 0.25) is 0 Å². The Morgan fingerprint density at radius 2 is 2.00 bits per heavy atom. The summed E-state index contributed by atoms with van der Waals surface area (Å²) in [6.07, 6.45) is 5.32. The predicted octanol–water partition coefficient (Wildman–Crippen LogP) is 2.26. The SMILES string of the molecule is Cc1cccnc1C(=O)C1CC2CCC(C1)S2=O. The van der Waals surface area contributed by atoms with Crippen LogP contribution in [0.4, 0.5) is 0 Å². The quantitative estimate of drug-likeness (QED) is 0.769. The molecule has 0 aliphatic carbocycles. The second kappa shape index (κ2) is 4.57. The first kappa shape index (κ1) is 12.0. The Morgan fingerprint density at radius 3 is 2.61 bits per heavy atom. The van der Waals surface area contributed by atoms with Crippen LogP contribution < -0.4 is 0 Å². The minimum absolute atomic E-state index is 0.0359. The molecule has 2 fully saturated rings. The van der Waals surface area contributed by atoms with Crippen molar-refractivity contribution in [3.05, 3.63) is 29.6 Å². The lowest BCUT2D eigenvalue weighted by Crippen LogP contribution is -2.32. The van der Waals surface area contributed by atoms with E-state index < -0.39 is 10.8 Å². The highest BCUT2D eigenvalue weighted by atomic mass is 32.2. The van der Waals surface area contributed by atoms with Gasteiger partial charge in [-0.25, -0.2) is 0 Å². The number of aryl methyl sites for hydroxylation is 1. The Kier molecular flexibility index (Phi) is 3.06. The summed E-state index contributed by atoms with van der Waals surface area (Å²) in [6.45, 7) is 1.93. The number of fused-ring (bicyclic) bond motifs is 2. The maximum atomic E-state index is 12.5. The third-order valence-corrected chi connectivity index (χ3v) is 6.35. The van der Waals surface area contributed by atoms with Gasteiger partial charge in [0.2, 0.25) is 0 Å². The molecule has 2 aliphatic heterocycles. The fourth-order valence-electron chi connectivity index (χ4n) is 3.18. The van der Waals surface area contributed by atoms with Crippen molar-refractivity contribution in [2.45, 2.75) is 43.1 Å². The van der Waals surface area contributed by atoms with Crippen molar-refractivity contribution in [1.29, 1.82) is 0 Å². The number of pyridine rings is 1. The highest BCUT2D eigenvalue weighted by Gasteiger charge is 2.43. The van der Waals surface area contributed by atoms with E-state index in [-0.39, 0.29) is 22.2 Å². The normalized spacial score (nSPS) is 34.5. The third-order valence-electron chi connectivity index (χ3n) is 4.18. The number of hydrogen-bond acceptors (Lipinski definition) is 3. The topological polar surface area (TPSA) is 47.0 Å². The summed E-state index contributed by atoms with van der Waals surface area (Å²) in [5.41, 5.74) is 1.55. The van der Waals surface area contributed by atoms with E-state index in [1.165, 1.54) is 0 Å². The average molecular weight is 263 g/mol. The zero-order valence-corrected chi connectivity index (χ0v) is 11.3. The van der Waals surface area contributed by atoms with Crippen LogP contribution in [0, 0.1) is 12.8 Å². The third kappa shape index (κ3) is 1.92. The number of ketones is 1. The monoisotopic (exact) mass is 263 g/mol. The highest BCUT2D eigenvalue weighted by Crippen LogP contribution is 2.39. The molecule has 2 unspecified atom stereocenters. The van der Waals surface area contributed by atoms with Crippen LogP contribution in [0.25, 0.3) is 0 Å². The van der Waals surface area contributed by atoms with Crippen molar-refractivity contribution in [2.75, 3.05) is 0 Å². The number of carbonyl (C=O) groups is 1. The maximum Gasteiger partial charge on any atom is 0.184 e.